The standard InChI is InChI=1S/C14H26O11/c1-4(12-9(19)8(18)10(20)13(22-2)25-12)23-14-11(21)7(17)6(16)5(3-15)24-14/h4-21H,3H2,1-2H3/t4-,5-,6-,7+,8+,9+,10-,11-,12-,13+,14+/m1/s1. The lowest BCUT2D eigenvalue weighted by Gasteiger charge is -2.44. The third-order valence-electron chi connectivity index (χ3n) is 4.50. The van der Waals surface area contributed by atoms with Crippen molar-refractivity contribution < 1.29 is 54.7 Å². The molecule has 7 N–H and O–H groups in total. The molecule has 0 aromatic carbocycles. The summed E-state index contributed by atoms with van der Waals surface area (Å²) in [4.78, 5) is 0. The molecule has 2 saturated heterocycles. The van der Waals surface area contributed by atoms with Crippen LogP contribution in [-0.4, -0.2) is 117 Å². The van der Waals surface area contributed by atoms with Gasteiger partial charge < -0.3 is 54.7 Å². The molecular weight excluding hydrogens is 344 g/mol. The van der Waals surface area contributed by atoms with Gasteiger partial charge in [0, 0.05) is 7.11 Å². The minimum absolute atomic E-state index is 0.613. The average Bonchev–Trinajstić information content (AvgIpc) is 2.60. The Balaban J connectivity index is 2.06. The second kappa shape index (κ2) is 8.50. The Bertz CT molecular complexity index is 420. The normalized spacial score (nSPS) is 49.8. The van der Waals surface area contributed by atoms with Crippen LogP contribution >= 0.6 is 0 Å². The van der Waals surface area contributed by atoms with Crippen molar-refractivity contribution in [3.05, 3.63) is 0 Å². The van der Waals surface area contributed by atoms with Crippen LogP contribution in [0.5, 0.6) is 0 Å². The second-order valence-electron chi connectivity index (χ2n) is 6.22. The van der Waals surface area contributed by atoms with Crippen LogP contribution in [0, 0.1) is 0 Å². The van der Waals surface area contributed by atoms with Gasteiger partial charge in [0.1, 0.15) is 48.8 Å². The van der Waals surface area contributed by atoms with Crippen LogP contribution in [0.1, 0.15) is 6.92 Å². The van der Waals surface area contributed by atoms with Gasteiger partial charge >= 0.3 is 0 Å². The van der Waals surface area contributed by atoms with E-state index in [-0.39, 0.29) is 0 Å². The summed E-state index contributed by atoms with van der Waals surface area (Å²) >= 11 is 0. The Morgan fingerprint density at radius 2 is 1.36 bits per heavy atom. The SMILES string of the molecule is CO[C@H]1O[C@H]([C@@H](C)O[C@H]2O[C@H](CO)[C@@H](O)[C@H](O)[C@H]2O)[C@@H](O)[C@H](O)[C@H]1O. The lowest BCUT2D eigenvalue weighted by Crippen LogP contribution is -2.63. The van der Waals surface area contributed by atoms with Gasteiger partial charge in [-0.05, 0) is 6.92 Å². The maximum Gasteiger partial charge on any atom is 0.187 e. The minimum atomic E-state index is -1.62. The molecule has 0 amide bonds. The predicted molar refractivity (Wildman–Crippen MR) is 78.0 cm³/mol. The molecule has 11 heteroatoms. The summed E-state index contributed by atoms with van der Waals surface area (Å²) in [6, 6.07) is 0. The Morgan fingerprint density at radius 3 is 1.92 bits per heavy atom. The molecule has 2 rings (SSSR count). The van der Waals surface area contributed by atoms with Crippen LogP contribution < -0.4 is 0 Å². The topological polar surface area (TPSA) is 179 Å². The Labute approximate surface area is 143 Å². The summed E-state index contributed by atoms with van der Waals surface area (Å²) in [5.41, 5.74) is 0. The molecule has 2 fully saturated rings. The van der Waals surface area contributed by atoms with E-state index in [2.05, 4.69) is 0 Å². The van der Waals surface area contributed by atoms with Crippen LogP contribution in [-0.2, 0) is 18.9 Å². The monoisotopic (exact) mass is 370 g/mol. The van der Waals surface area contributed by atoms with E-state index in [1.54, 1.807) is 0 Å². The number of aliphatic hydroxyl groups excluding tert-OH is 7. The number of methoxy groups -OCH3 is 1. The molecule has 11 nitrogen and oxygen atoms in total. The van der Waals surface area contributed by atoms with Crippen LogP contribution in [0.3, 0.4) is 0 Å². The van der Waals surface area contributed by atoms with E-state index in [0.29, 0.717) is 0 Å². The quantitative estimate of drug-likeness (QED) is 0.249. The third-order valence-corrected chi connectivity index (χ3v) is 4.50. The largest absolute Gasteiger partial charge is 0.394 e. The first-order chi connectivity index (χ1) is 11.7. The Kier molecular flexibility index (Phi) is 7.09. The molecule has 25 heavy (non-hydrogen) atoms. The number of ether oxygens (including phenoxy) is 4. The summed E-state index contributed by atoms with van der Waals surface area (Å²) < 4.78 is 20.9. The van der Waals surface area contributed by atoms with Crippen molar-refractivity contribution >= 4 is 0 Å². The molecule has 0 bridgehead atoms. The van der Waals surface area contributed by atoms with Gasteiger partial charge in [0.15, 0.2) is 12.6 Å². The lowest BCUT2D eigenvalue weighted by atomic mass is 9.95. The maximum absolute atomic E-state index is 10.1. The molecule has 0 aromatic rings. The molecule has 0 radical (unpaired) electrons. The van der Waals surface area contributed by atoms with Gasteiger partial charge in [0.25, 0.3) is 0 Å². The van der Waals surface area contributed by atoms with Gasteiger partial charge in [-0.25, -0.2) is 0 Å². The van der Waals surface area contributed by atoms with E-state index in [1.807, 2.05) is 0 Å². The zero-order valence-corrected chi connectivity index (χ0v) is 13.8. The van der Waals surface area contributed by atoms with Gasteiger partial charge in [0.05, 0.1) is 12.7 Å². The van der Waals surface area contributed by atoms with Gasteiger partial charge in [-0.2, -0.15) is 0 Å². The number of hydrogen-bond donors (Lipinski definition) is 7. The highest BCUT2D eigenvalue weighted by molar-refractivity contribution is 4.93. The molecule has 2 aliphatic rings. The van der Waals surface area contributed by atoms with Crippen LogP contribution in [0.25, 0.3) is 0 Å². The summed E-state index contributed by atoms with van der Waals surface area (Å²) in [6.07, 6.45) is -15.2. The Morgan fingerprint density at radius 1 is 0.800 bits per heavy atom. The zero-order valence-electron chi connectivity index (χ0n) is 13.8. The summed E-state index contributed by atoms with van der Waals surface area (Å²) in [5.74, 6) is 0. The van der Waals surface area contributed by atoms with E-state index < -0.39 is 74.1 Å². The Hall–Kier alpha value is -0.440. The summed E-state index contributed by atoms with van der Waals surface area (Å²) in [5, 5.41) is 68.3. The molecule has 148 valence electrons. The first kappa shape index (κ1) is 20.9. The van der Waals surface area contributed by atoms with Crippen molar-refractivity contribution in [2.24, 2.45) is 0 Å². The molecular formula is C14H26O11. The van der Waals surface area contributed by atoms with Crippen LogP contribution in [0.2, 0.25) is 0 Å². The predicted octanol–water partition coefficient (Wildman–Crippen LogP) is -4.35. The minimum Gasteiger partial charge on any atom is -0.394 e. The molecule has 0 aliphatic carbocycles. The number of rotatable bonds is 5. The number of hydrogen-bond acceptors (Lipinski definition) is 11. The van der Waals surface area contributed by atoms with E-state index in [4.69, 9.17) is 24.1 Å². The molecule has 11 atom stereocenters. The lowest BCUT2D eigenvalue weighted by molar-refractivity contribution is -0.343. The fourth-order valence-corrected chi connectivity index (χ4v) is 2.93. The van der Waals surface area contributed by atoms with Crippen molar-refractivity contribution in [3.63, 3.8) is 0 Å². The van der Waals surface area contributed by atoms with Crippen LogP contribution in [0.4, 0.5) is 0 Å². The first-order valence-electron chi connectivity index (χ1n) is 7.91. The summed E-state index contributed by atoms with van der Waals surface area (Å²) in [7, 11) is 1.25. The van der Waals surface area contributed by atoms with Gasteiger partial charge in [-0.1, -0.05) is 0 Å². The maximum atomic E-state index is 10.1. The van der Waals surface area contributed by atoms with E-state index in [1.165, 1.54) is 14.0 Å². The van der Waals surface area contributed by atoms with Gasteiger partial charge in [0.2, 0.25) is 0 Å². The van der Waals surface area contributed by atoms with E-state index >= 15 is 0 Å². The number of aliphatic hydroxyl groups is 7. The smallest absolute Gasteiger partial charge is 0.187 e. The highest BCUT2D eigenvalue weighted by Crippen LogP contribution is 2.28. The first-order valence-corrected chi connectivity index (χ1v) is 7.91. The fraction of sp³-hybridized carbons (Fsp3) is 1.00. The molecule has 0 unspecified atom stereocenters. The van der Waals surface area contributed by atoms with Crippen molar-refractivity contribution in [2.75, 3.05) is 13.7 Å². The molecule has 0 spiro atoms. The highest BCUT2D eigenvalue weighted by Gasteiger charge is 2.49. The van der Waals surface area contributed by atoms with Crippen molar-refractivity contribution in [1.29, 1.82) is 0 Å². The van der Waals surface area contributed by atoms with E-state index in [0.717, 1.165) is 0 Å². The molecule has 0 aromatic heterocycles. The summed E-state index contributed by atoms with van der Waals surface area (Å²) in [6.45, 7) is 0.838. The molecule has 2 aliphatic heterocycles. The third kappa shape index (κ3) is 4.12. The van der Waals surface area contributed by atoms with Gasteiger partial charge in [-0.3, -0.25) is 0 Å². The van der Waals surface area contributed by atoms with Crippen molar-refractivity contribution in [1.82, 2.24) is 0 Å². The van der Waals surface area contributed by atoms with E-state index in [9.17, 15) is 30.6 Å². The van der Waals surface area contributed by atoms with Crippen molar-refractivity contribution in [3.8, 4) is 0 Å². The van der Waals surface area contributed by atoms with Crippen molar-refractivity contribution in [2.45, 2.75) is 74.4 Å². The molecule has 2 heterocycles. The average molecular weight is 370 g/mol. The second-order valence-corrected chi connectivity index (χ2v) is 6.22. The van der Waals surface area contributed by atoms with Crippen LogP contribution in [0.15, 0.2) is 0 Å². The molecule has 0 saturated carbocycles. The fourth-order valence-electron chi connectivity index (χ4n) is 2.93. The zero-order chi connectivity index (χ0) is 18.9. The highest BCUT2D eigenvalue weighted by atomic mass is 16.7. The van der Waals surface area contributed by atoms with Gasteiger partial charge in [-0.15, -0.1) is 0 Å².